The van der Waals surface area contributed by atoms with Gasteiger partial charge in [0, 0.05) is 25.7 Å². The minimum absolute atomic E-state index is 0.107. The van der Waals surface area contributed by atoms with E-state index in [0.717, 1.165) is 95.8 Å². The molecule has 0 heterocycles. The molecule has 0 saturated heterocycles. The SMILES string of the molecule is CCCCCCCCCCCCCCCCCCCCCC(=O)O[C@H](COC(=O)CCCCCCCCCCCCCCCCC)COP(=O)(O)OC[C@@H](O)COP(=O)(O)OC[C@@H](COC(=O)CCCCCCCCCCCCCC)OC(=O)CCCCCCCCCCCCC(C)C. The van der Waals surface area contributed by atoms with E-state index >= 15 is 0 Å². The number of aliphatic hydroxyl groups excluding tert-OH is 1. The van der Waals surface area contributed by atoms with Crippen LogP contribution < -0.4 is 0 Å². The molecule has 0 aromatic heterocycles. The normalized spacial score (nSPS) is 13.9. The summed E-state index contributed by atoms with van der Waals surface area (Å²) in [4.78, 5) is 73.0. The molecule has 0 bridgehead atoms. The summed E-state index contributed by atoms with van der Waals surface area (Å²) in [6.07, 6.45) is 63.7. The molecule has 3 N–H and O–H groups in total. The molecule has 0 amide bonds. The summed E-state index contributed by atoms with van der Waals surface area (Å²) in [5.41, 5.74) is 0. The Morgan fingerprint density at radius 2 is 0.465 bits per heavy atom. The number of rotatable bonds is 80. The number of esters is 4. The minimum Gasteiger partial charge on any atom is -0.462 e. The van der Waals surface area contributed by atoms with Gasteiger partial charge in [-0.25, -0.2) is 9.13 Å². The first-order valence-corrected chi connectivity index (χ1v) is 44.6. The highest BCUT2D eigenvalue weighted by Gasteiger charge is 2.30. The third kappa shape index (κ3) is 74.1. The quantitative estimate of drug-likeness (QED) is 0.0222. The lowest BCUT2D eigenvalue weighted by Gasteiger charge is -2.21. The molecule has 0 spiro atoms. The second-order valence-electron chi connectivity index (χ2n) is 29.3. The molecule has 0 aliphatic rings. The molecule has 5 atom stereocenters. The summed E-state index contributed by atoms with van der Waals surface area (Å²) in [5, 5.41) is 10.6. The first-order valence-electron chi connectivity index (χ1n) is 41.6. The van der Waals surface area contributed by atoms with Crippen LogP contribution in [0.4, 0.5) is 0 Å². The maximum atomic E-state index is 13.1. The Morgan fingerprint density at radius 1 is 0.273 bits per heavy atom. The molecule has 0 aliphatic heterocycles. The van der Waals surface area contributed by atoms with Gasteiger partial charge in [-0.2, -0.15) is 0 Å². The number of phosphoric acid groups is 2. The summed E-state index contributed by atoms with van der Waals surface area (Å²) in [7, 11) is -9.92. The van der Waals surface area contributed by atoms with Crippen molar-refractivity contribution in [2.75, 3.05) is 39.6 Å². The van der Waals surface area contributed by atoms with Crippen LogP contribution in [0.25, 0.3) is 0 Å². The Kier molecular flexibility index (Phi) is 71.6. The molecule has 0 aliphatic carbocycles. The average molecular weight is 1450 g/mol. The average Bonchev–Trinajstić information content (AvgIpc) is 1.03. The summed E-state index contributed by atoms with van der Waals surface area (Å²) in [5.74, 6) is -1.35. The maximum absolute atomic E-state index is 13.1. The van der Waals surface area contributed by atoms with Crippen LogP contribution in [0.1, 0.15) is 426 Å². The molecular weight excluding hydrogens is 1290 g/mol. The standard InChI is InChI=1S/C80H156O17P2/c1-6-9-12-15-18-21-24-27-29-30-31-32-34-36-39-45-50-55-60-65-79(84)96-75(69-91-78(83)64-59-54-49-44-38-35-33-28-25-22-19-16-13-10-7-2)71-94-98(86,87)92-67-74(81)68-93-99(88,89)95-72-76(70-90-77(82)63-58-53-48-43-37-26-23-20-17-14-11-8-3)97-80(85)66-61-56-51-46-41-40-42-47-52-57-62-73(4)5/h73-76,81H,6-72H2,1-5H3,(H,86,87)(H,88,89)/t74-,75-,76-/m1/s1. The maximum Gasteiger partial charge on any atom is 0.472 e. The number of hydrogen-bond donors (Lipinski definition) is 3. The third-order valence-corrected chi connectivity index (χ3v) is 20.7. The molecule has 0 saturated carbocycles. The first kappa shape index (κ1) is 97.1. The van der Waals surface area contributed by atoms with Crippen molar-refractivity contribution in [1.29, 1.82) is 0 Å². The van der Waals surface area contributed by atoms with Crippen LogP contribution in [-0.2, 0) is 65.4 Å². The zero-order valence-corrected chi connectivity index (χ0v) is 66.4. The lowest BCUT2D eigenvalue weighted by molar-refractivity contribution is -0.161. The highest BCUT2D eigenvalue weighted by Crippen LogP contribution is 2.45. The van der Waals surface area contributed by atoms with Gasteiger partial charge < -0.3 is 33.8 Å². The van der Waals surface area contributed by atoms with E-state index in [4.69, 9.17) is 37.0 Å². The first-order chi connectivity index (χ1) is 48.0. The van der Waals surface area contributed by atoms with Crippen LogP contribution >= 0.6 is 15.6 Å². The second kappa shape index (κ2) is 73.0. The van der Waals surface area contributed by atoms with E-state index < -0.39 is 97.5 Å². The molecular formula is C80H156O17P2. The molecule has 99 heavy (non-hydrogen) atoms. The molecule has 0 rings (SSSR count). The van der Waals surface area contributed by atoms with Crippen molar-refractivity contribution >= 4 is 39.5 Å². The summed E-state index contributed by atoms with van der Waals surface area (Å²) < 4.78 is 68.7. The van der Waals surface area contributed by atoms with Crippen molar-refractivity contribution < 1.29 is 80.2 Å². The topological polar surface area (TPSA) is 237 Å². The van der Waals surface area contributed by atoms with Crippen molar-refractivity contribution in [1.82, 2.24) is 0 Å². The Hall–Kier alpha value is -1.94. The summed E-state index contributed by atoms with van der Waals surface area (Å²) in [6.45, 7) is 7.32. The minimum atomic E-state index is -4.96. The molecule has 19 heteroatoms. The Morgan fingerprint density at radius 3 is 0.687 bits per heavy atom. The fraction of sp³-hybridized carbons (Fsp3) is 0.950. The van der Waals surface area contributed by atoms with Gasteiger partial charge in [-0.3, -0.25) is 37.3 Å². The van der Waals surface area contributed by atoms with Gasteiger partial charge >= 0.3 is 39.5 Å². The fourth-order valence-electron chi connectivity index (χ4n) is 12.4. The van der Waals surface area contributed by atoms with Gasteiger partial charge in [-0.05, 0) is 31.6 Å². The van der Waals surface area contributed by atoms with Crippen LogP contribution in [0.15, 0.2) is 0 Å². The molecule has 17 nitrogen and oxygen atoms in total. The van der Waals surface area contributed by atoms with Crippen LogP contribution in [0.3, 0.4) is 0 Å². The van der Waals surface area contributed by atoms with Crippen molar-refractivity contribution in [3.05, 3.63) is 0 Å². The van der Waals surface area contributed by atoms with E-state index in [0.29, 0.717) is 25.7 Å². The predicted molar refractivity (Wildman–Crippen MR) is 405 cm³/mol. The molecule has 0 aromatic rings. The van der Waals surface area contributed by atoms with E-state index in [1.54, 1.807) is 0 Å². The Balaban J connectivity index is 5.25. The van der Waals surface area contributed by atoms with E-state index in [9.17, 15) is 43.2 Å². The molecule has 588 valence electrons. The van der Waals surface area contributed by atoms with Gasteiger partial charge in [-0.15, -0.1) is 0 Å². The second-order valence-corrected chi connectivity index (χ2v) is 32.2. The van der Waals surface area contributed by atoms with Crippen molar-refractivity contribution in [2.45, 2.75) is 445 Å². The monoisotopic (exact) mass is 1450 g/mol. The van der Waals surface area contributed by atoms with E-state index in [1.807, 2.05) is 0 Å². The van der Waals surface area contributed by atoms with Crippen LogP contribution in [0.2, 0.25) is 0 Å². The summed E-state index contributed by atoms with van der Waals surface area (Å²) >= 11 is 0. The Labute approximate surface area is 607 Å². The number of hydrogen-bond acceptors (Lipinski definition) is 15. The van der Waals surface area contributed by atoms with Gasteiger partial charge in [0.05, 0.1) is 26.4 Å². The highest BCUT2D eigenvalue weighted by atomic mass is 31.2. The van der Waals surface area contributed by atoms with Gasteiger partial charge in [0.1, 0.15) is 19.3 Å². The number of unbranched alkanes of at least 4 members (excludes halogenated alkanes) is 52. The number of phosphoric ester groups is 2. The highest BCUT2D eigenvalue weighted by molar-refractivity contribution is 7.47. The summed E-state index contributed by atoms with van der Waals surface area (Å²) in [6, 6.07) is 0. The zero-order valence-electron chi connectivity index (χ0n) is 64.6. The van der Waals surface area contributed by atoms with Crippen molar-refractivity contribution in [3.63, 3.8) is 0 Å². The van der Waals surface area contributed by atoms with Crippen LogP contribution in [0, 0.1) is 5.92 Å². The van der Waals surface area contributed by atoms with Gasteiger partial charge in [-0.1, -0.05) is 375 Å². The van der Waals surface area contributed by atoms with E-state index in [-0.39, 0.29) is 25.7 Å². The number of carbonyl (C=O) groups is 4. The van der Waals surface area contributed by atoms with Gasteiger partial charge in [0.15, 0.2) is 12.2 Å². The van der Waals surface area contributed by atoms with Crippen molar-refractivity contribution in [3.8, 4) is 0 Å². The lowest BCUT2D eigenvalue weighted by atomic mass is 10.0. The van der Waals surface area contributed by atoms with Crippen molar-refractivity contribution in [2.24, 2.45) is 5.92 Å². The third-order valence-electron chi connectivity index (χ3n) is 18.8. The number of aliphatic hydroxyl groups is 1. The molecule has 0 radical (unpaired) electrons. The van der Waals surface area contributed by atoms with Gasteiger partial charge in [0.25, 0.3) is 0 Å². The largest absolute Gasteiger partial charge is 0.472 e. The van der Waals surface area contributed by atoms with E-state index in [1.165, 1.54) is 250 Å². The zero-order chi connectivity index (χ0) is 72.7. The van der Waals surface area contributed by atoms with Crippen LogP contribution in [-0.4, -0.2) is 96.7 Å². The molecule has 0 aromatic carbocycles. The van der Waals surface area contributed by atoms with Crippen LogP contribution in [0.5, 0.6) is 0 Å². The molecule has 0 fully saturated rings. The predicted octanol–water partition coefficient (Wildman–Crippen LogP) is 24.0. The lowest BCUT2D eigenvalue weighted by Crippen LogP contribution is -2.30. The number of ether oxygens (including phenoxy) is 4. The number of carbonyl (C=O) groups excluding carboxylic acids is 4. The van der Waals surface area contributed by atoms with Gasteiger partial charge in [0.2, 0.25) is 0 Å². The fourth-order valence-corrected chi connectivity index (χ4v) is 14.0. The van der Waals surface area contributed by atoms with E-state index in [2.05, 4.69) is 34.6 Å². The molecule has 2 unspecified atom stereocenters. The Bertz CT molecular complexity index is 1890. The smallest absolute Gasteiger partial charge is 0.462 e.